The molecule has 2 nitrogen and oxygen atoms in total. The monoisotopic (exact) mass is 214 g/mol. The summed E-state index contributed by atoms with van der Waals surface area (Å²) in [4.78, 5) is 0. The summed E-state index contributed by atoms with van der Waals surface area (Å²) in [6.07, 6.45) is -0.809. The molecule has 0 radical (unpaired) electrons. The number of ether oxygens (including phenoxy) is 2. The Morgan fingerprint density at radius 1 is 1.27 bits per heavy atom. The van der Waals surface area contributed by atoms with E-state index in [0.29, 0.717) is 0 Å². The summed E-state index contributed by atoms with van der Waals surface area (Å²) in [6.45, 7) is 2.05. The molecule has 0 N–H and O–H groups in total. The Hall–Kier alpha value is -1.32. The maximum absolute atomic E-state index is 12.8. The van der Waals surface area contributed by atoms with Gasteiger partial charge in [0, 0.05) is 0 Å². The summed E-state index contributed by atoms with van der Waals surface area (Å²) < 4.78 is 34.4. The first-order chi connectivity index (χ1) is 7.12. The Bertz CT molecular complexity index is 364. The van der Waals surface area contributed by atoms with E-state index in [2.05, 4.69) is 16.4 Å². The summed E-state index contributed by atoms with van der Waals surface area (Å²) in [5.74, 6) is 0.324. The Balaban J connectivity index is 2.25. The van der Waals surface area contributed by atoms with Crippen LogP contribution in [0.25, 0.3) is 0 Å². The molecule has 0 unspecified atom stereocenters. The second-order valence-corrected chi connectivity index (χ2v) is 3.52. The molecule has 1 aromatic rings. The lowest BCUT2D eigenvalue weighted by molar-refractivity contribution is -0.286. The average Bonchev–Trinajstić information content (AvgIpc) is 2.49. The number of alkyl halides is 2. The molecule has 4 heteroatoms. The fourth-order valence-corrected chi connectivity index (χ4v) is 1.59. The molecule has 0 atom stereocenters. The van der Waals surface area contributed by atoms with Crippen molar-refractivity contribution in [3.63, 3.8) is 0 Å². The maximum Gasteiger partial charge on any atom is 0.586 e. The third-order valence-corrected chi connectivity index (χ3v) is 2.31. The van der Waals surface area contributed by atoms with Crippen LogP contribution in [0.5, 0.6) is 11.5 Å². The van der Waals surface area contributed by atoms with Gasteiger partial charge in [0.2, 0.25) is 0 Å². The predicted molar refractivity (Wildman–Crippen MR) is 51.3 cm³/mol. The molecule has 1 heterocycles. The van der Waals surface area contributed by atoms with Gasteiger partial charge in [-0.1, -0.05) is 25.5 Å². The molecule has 1 aromatic carbocycles. The topological polar surface area (TPSA) is 18.5 Å². The first-order valence-electron chi connectivity index (χ1n) is 5.00. The fraction of sp³-hybridized carbons (Fsp3) is 0.455. The molecule has 82 valence electrons. The summed E-state index contributed by atoms with van der Waals surface area (Å²) in [6, 6.07) is 4.99. The molecule has 0 amide bonds. The van der Waals surface area contributed by atoms with Crippen LogP contribution in [0.1, 0.15) is 25.3 Å². The molecule has 0 spiro atoms. The molecule has 2 rings (SSSR count). The molecule has 0 saturated carbocycles. The van der Waals surface area contributed by atoms with Crippen LogP contribution in [0.2, 0.25) is 0 Å². The second kappa shape index (κ2) is 3.68. The molecule has 0 saturated heterocycles. The number of fused-ring (bicyclic) bond motifs is 1. The van der Waals surface area contributed by atoms with Crippen molar-refractivity contribution < 1.29 is 18.3 Å². The third kappa shape index (κ3) is 2.03. The maximum atomic E-state index is 12.8. The van der Waals surface area contributed by atoms with Crippen molar-refractivity contribution in [1.82, 2.24) is 0 Å². The first-order valence-corrected chi connectivity index (χ1v) is 5.00. The lowest BCUT2D eigenvalue weighted by Gasteiger charge is -2.06. The molecule has 0 aliphatic carbocycles. The molecule has 15 heavy (non-hydrogen) atoms. The smallest absolute Gasteiger partial charge is 0.395 e. The van der Waals surface area contributed by atoms with E-state index in [1.807, 2.05) is 0 Å². The van der Waals surface area contributed by atoms with Crippen molar-refractivity contribution in [2.24, 2.45) is 0 Å². The summed E-state index contributed by atoms with van der Waals surface area (Å²) in [7, 11) is 0. The van der Waals surface area contributed by atoms with Crippen molar-refractivity contribution >= 4 is 0 Å². The van der Waals surface area contributed by atoms with Crippen LogP contribution < -0.4 is 9.47 Å². The minimum atomic E-state index is -3.51. The van der Waals surface area contributed by atoms with E-state index >= 15 is 0 Å². The third-order valence-electron chi connectivity index (χ3n) is 2.31. The summed E-state index contributed by atoms with van der Waals surface area (Å²) in [5, 5.41) is 0. The first kappa shape index (κ1) is 10.2. The molecule has 0 fully saturated rings. The second-order valence-electron chi connectivity index (χ2n) is 3.52. The van der Waals surface area contributed by atoms with Crippen molar-refractivity contribution in [2.45, 2.75) is 32.5 Å². The van der Waals surface area contributed by atoms with Gasteiger partial charge in [-0.3, -0.25) is 0 Å². The Morgan fingerprint density at radius 2 is 2.07 bits per heavy atom. The molecule has 1 aliphatic rings. The molecular formula is C11H12F2O2. The molecule has 1 aliphatic heterocycles. The number of aryl methyl sites for hydroxylation is 1. The lowest BCUT2D eigenvalue weighted by atomic mass is 10.1. The van der Waals surface area contributed by atoms with E-state index in [4.69, 9.17) is 0 Å². The average molecular weight is 214 g/mol. The van der Waals surface area contributed by atoms with Crippen LogP contribution in [0.3, 0.4) is 0 Å². The van der Waals surface area contributed by atoms with Gasteiger partial charge >= 0.3 is 6.29 Å². The van der Waals surface area contributed by atoms with Crippen LogP contribution >= 0.6 is 0 Å². The number of benzene rings is 1. The van der Waals surface area contributed by atoms with Gasteiger partial charge in [0.05, 0.1) is 0 Å². The van der Waals surface area contributed by atoms with Crippen molar-refractivity contribution in [3.8, 4) is 11.5 Å². The van der Waals surface area contributed by atoms with Crippen LogP contribution in [0.15, 0.2) is 18.2 Å². The van der Waals surface area contributed by atoms with E-state index in [1.54, 1.807) is 12.1 Å². The van der Waals surface area contributed by atoms with E-state index < -0.39 is 6.29 Å². The van der Waals surface area contributed by atoms with Crippen molar-refractivity contribution in [3.05, 3.63) is 23.8 Å². The summed E-state index contributed by atoms with van der Waals surface area (Å²) >= 11 is 0. The Labute approximate surface area is 86.8 Å². The van der Waals surface area contributed by atoms with Gasteiger partial charge in [-0.05, 0) is 24.5 Å². The zero-order chi connectivity index (χ0) is 10.9. The van der Waals surface area contributed by atoms with Gasteiger partial charge in [0.25, 0.3) is 0 Å². The van der Waals surface area contributed by atoms with Crippen LogP contribution in [0, 0.1) is 0 Å². The van der Waals surface area contributed by atoms with Crippen LogP contribution in [-0.4, -0.2) is 6.29 Å². The van der Waals surface area contributed by atoms with Gasteiger partial charge in [-0.15, -0.1) is 8.78 Å². The van der Waals surface area contributed by atoms with Crippen molar-refractivity contribution in [1.29, 1.82) is 0 Å². The quantitative estimate of drug-likeness (QED) is 0.768. The Morgan fingerprint density at radius 3 is 2.80 bits per heavy atom. The van der Waals surface area contributed by atoms with Crippen LogP contribution in [0.4, 0.5) is 8.78 Å². The van der Waals surface area contributed by atoms with Crippen molar-refractivity contribution in [2.75, 3.05) is 0 Å². The minimum Gasteiger partial charge on any atom is -0.395 e. The molecule has 0 bridgehead atoms. The lowest BCUT2D eigenvalue weighted by Crippen LogP contribution is -2.26. The highest BCUT2D eigenvalue weighted by Crippen LogP contribution is 2.43. The minimum absolute atomic E-state index is 0.133. The summed E-state index contributed by atoms with van der Waals surface area (Å²) in [5.41, 5.74) is 0.784. The van der Waals surface area contributed by atoms with E-state index in [1.165, 1.54) is 6.07 Å². The molecule has 0 aromatic heterocycles. The van der Waals surface area contributed by atoms with E-state index in [9.17, 15) is 8.78 Å². The van der Waals surface area contributed by atoms with E-state index in [-0.39, 0.29) is 11.5 Å². The van der Waals surface area contributed by atoms with Gasteiger partial charge in [-0.2, -0.15) is 0 Å². The Kier molecular flexibility index (Phi) is 2.50. The number of halogens is 2. The number of hydrogen-bond acceptors (Lipinski definition) is 2. The predicted octanol–water partition coefficient (Wildman–Crippen LogP) is 3.35. The van der Waals surface area contributed by atoms with Gasteiger partial charge in [-0.25, -0.2) is 0 Å². The van der Waals surface area contributed by atoms with Gasteiger partial charge in [0.15, 0.2) is 11.5 Å². The number of rotatable bonds is 3. The highest BCUT2D eigenvalue weighted by atomic mass is 19.3. The van der Waals surface area contributed by atoms with Gasteiger partial charge in [0.1, 0.15) is 0 Å². The highest BCUT2D eigenvalue weighted by molar-refractivity contribution is 5.48. The SMILES string of the molecule is CCCCc1cccc2c1OC(F)(F)O2. The standard InChI is InChI=1S/C11H12F2O2/c1-2-3-5-8-6-4-7-9-10(8)15-11(12,13)14-9/h4,6-7H,2-3,5H2,1H3. The molecular weight excluding hydrogens is 202 g/mol. The zero-order valence-corrected chi connectivity index (χ0v) is 8.43. The fourth-order valence-electron chi connectivity index (χ4n) is 1.59. The zero-order valence-electron chi connectivity index (χ0n) is 8.43. The number of para-hydroxylation sites is 1. The largest absolute Gasteiger partial charge is 0.586 e. The number of hydrogen-bond donors (Lipinski definition) is 0. The van der Waals surface area contributed by atoms with Gasteiger partial charge < -0.3 is 9.47 Å². The van der Waals surface area contributed by atoms with Crippen LogP contribution in [-0.2, 0) is 6.42 Å². The highest BCUT2D eigenvalue weighted by Gasteiger charge is 2.44. The van der Waals surface area contributed by atoms with E-state index in [0.717, 1.165) is 24.8 Å². The number of unbranched alkanes of at least 4 members (excludes halogenated alkanes) is 1. The normalized spacial score (nSPS) is 16.7.